The van der Waals surface area contributed by atoms with Crippen LogP contribution >= 0.6 is 0 Å². The number of nitro groups is 2. The fourth-order valence-corrected chi connectivity index (χ4v) is 3.24. The number of amides is 1. The summed E-state index contributed by atoms with van der Waals surface area (Å²) in [5, 5.41) is 24.6. The fourth-order valence-electron chi connectivity index (χ4n) is 3.24. The van der Waals surface area contributed by atoms with Crippen molar-refractivity contribution in [2.75, 3.05) is 23.3 Å². The highest BCUT2D eigenvalue weighted by atomic mass is 19.1. The lowest BCUT2D eigenvalue weighted by Crippen LogP contribution is -2.38. The van der Waals surface area contributed by atoms with E-state index in [0.29, 0.717) is 31.6 Å². The van der Waals surface area contributed by atoms with Crippen molar-refractivity contribution in [2.45, 2.75) is 12.8 Å². The highest BCUT2D eigenvalue weighted by molar-refractivity contribution is 5.93. The molecular weight excluding hydrogens is 371 g/mol. The molecule has 1 heterocycles. The molecule has 0 spiro atoms. The molecule has 1 amide bonds. The number of carbonyl (C=O) groups is 1. The average molecular weight is 388 g/mol. The van der Waals surface area contributed by atoms with E-state index in [1.807, 2.05) is 4.90 Å². The van der Waals surface area contributed by atoms with Crippen molar-refractivity contribution in [3.8, 4) is 0 Å². The highest BCUT2D eigenvalue weighted by Gasteiger charge is 2.28. The summed E-state index contributed by atoms with van der Waals surface area (Å²) in [6, 6.07) is 9.63. The second kappa shape index (κ2) is 7.99. The van der Waals surface area contributed by atoms with E-state index in [1.54, 1.807) is 18.2 Å². The summed E-state index contributed by atoms with van der Waals surface area (Å²) in [5.74, 6) is -1.63. The van der Waals surface area contributed by atoms with Gasteiger partial charge >= 0.3 is 5.69 Å². The average Bonchev–Trinajstić information content (AvgIpc) is 2.69. The molecule has 28 heavy (non-hydrogen) atoms. The van der Waals surface area contributed by atoms with Crippen LogP contribution in [0.4, 0.5) is 27.1 Å². The van der Waals surface area contributed by atoms with Gasteiger partial charge in [-0.25, -0.2) is 0 Å². The summed E-state index contributed by atoms with van der Waals surface area (Å²) in [4.78, 5) is 35.0. The minimum absolute atomic E-state index is 0.0176. The van der Waals surface area contributed by atoms with Crippen molar-refractivity contribution in [3.05, 3.63) is 68.5 Å². The number of hydrogen-bond acceptors (Lipinski definition) is 6. The number of nitro benzene ring substituents is 2. The molecule has 0 bridgehead atoms. The lowest BCUT2D eigenvalue weighted by Gasteiger charge is -2.32. The summed E-state index contributed by atoms with van der Waals surface area (Å²) >= 11 is 0. The largest absolute Gasteiger partial charge is 0.366 e. The normalized spacial score (nSPS) is 14.5. The summed E-state index contributed by atoms with van der Waals surface area (Å²) in [6.45, 7) is 0.930. The molecule has 3 rings (SSSR count). The molecule has 0 aliphatic carbocycles. The predicted octanol–water partition coefficient (Wildman–Crippen LogP) is 3.50. The van der Waals surface area contributed by atoms with Crippen LogP contribution in [0.25, 0.3) is 0 Å². The first-order valence-electron chi connectivity index (χ1n) is 8.60. The van der Waals surface area contributed by atoms with E-state index in [-0.39, 0.29) is 23.2 Å². The van der Waals surface area contributed by atoms with Gasteiger partial charge in [-0.1, -0.05) is 12.1 Å². The van der Waals surface area contributed by atoms with Crippen LogP contribution in [0.2, 0.25) is 0 Å². The number of piperidine rings is 1. The molecular formula is C18H17FN4O5. The van der Waals surface area contributed by atoms with Crippen LogP contribution in [0.5, 0.6) is 0 Å². The minimum Gasteiger partial charge on any atom is -0.366 e. The summed E-state index contributed by atoms with van der Waals surface area (Å²) in [6.07, 6.45) is 0.947. The standard InChI is InChI=1S/C18H17FN4O5/c19-14-6-5-13(11-17(14)23(27)28)20-18(24)12-7-9-21(10-8-12)15-3-1-2-4-16(15)22(25)26/h1-6,11-12H,7-10H2,(H,20,24). The molecule has 146 valence electrons. The first kappa shape index (κ1) is 19.2. The van der Waals surface area contributed by atoms with Gasteiger partial charge in [0.05, 0.1) is 9.85 Å². The predicted molar refractivity (Wildman–Crippen MR) is 99.7 cm³/mol. The lowest BCUT2D eigenvalue weighted by atomic mass is 9.95. The van der Waals surface area contributed by atoms with Crippen LogP contribution in [-0.4, -0.2) is 28.8 Å². The van der Waals surface area contributed by atoms with Crippen molar-refractivity contribution < 1.29 is 19.0 Å². The zero-order valence-corrected chi connectivity index (χ0v) is 14.7. The number of benzene rings is 2. The number of para-hydroxylation sites is 2. The second-order valence-corrected chi connectivity index (χ2v) is 6.42. The van der Waals surface area contributed by atoms with Crippen LogP contribution in [0, 0.1) is 32.0 Å². The van der Waals surface area contributed by atoms with Crippen LogP contribution in [0.3, 0.4) is 0 Å². The maximum Gasteiger partial charge on any atom is 0.306 e. The Morgan fingerprint density at radius 3 is 2.32 bits per heavy atom. The van der Waals surface area contributed by atoms with Gasteiger partial charge in [0.1, 0.15) is 5.69 Å². The smallest absolute Gasteiger partial charge is 0.306 e. The molecule has 0 unspecified atom stereocenters. The SMILES string of the molecule is O=C(Nc1ccc(F)c([N+](=O)[O-])c1)C1CCN(c2ccccc2[N+](=O)[O-])CC1. The lowest BCUT2D eigenvalue weighted by molar-refractivity contribution is -0.387. The molecule has 0 aromatic heterocycles. The van der Waals surface area contributed by atoms with E-state index >= 15 is 0 Å². The van der Waals surface area contributed by atoms with E-state index in [4.69, 9.17) is 0 Å². The van der Waals surface area contributed by atoms with Crippen molar-refractivity contribution in [1.29, 1.82) is 0 Å². The first-order chi connectivity index (χ1) is 13.4. The quantitative estimate of drug-likeness (QED) is 0.618. The van der Waals surface area contributed by atoms with Gasteiger partial charge in [-0.3, -0.25) is 25.0 Å². The zero-order valence-electron chi connectivity index (χ0n) is 14.7. The summed E-state index contributed by atoms with van der Waals surface area (Å²) < 4.78 is 13.4. The zero-order chi connectivity index (χ0) is 20.3. The Labute approximate surface area is 159 Å². The molecule has 10 heteroatoms. The van der Waals surface area contributed by atoms with Gasteiger partial charge in [-0.05, 0) is 31.0 Å². The molecule has 1 saturated heterocycles. The molecule has 1 fully saturated rings. The number of nitrogens with one attached hydrogen (secondary N) is 1. The fraction of sp³-hybridized carbons (Fsp3) is 0.278. The molecule has 2 aromatic rings. The molecule has 0 atom stereocenters. The summed E-state index contributed by atoms with van der Waals surface area (Å²) in [7, 11) is 0. The third-order valence-corrected chi connectivity index (χ3v) is 4.70. The van der Waals surface area contributed by atoms with Gasteiger partial charge in [0.15, 0.2) is 0 Å². The number of nitrogens with zero attached hydrogens (tertiary/aromatic N) is 3. The molecule has 1 N–H and O–H groups in total. The number of hydrogen-bond donors (Lipinski definition) is 1. The molecule has 1 aliphatic heterocycles. The number of anilines is 2. The molecule has 2 aromatic carbocycles. The van der Waals surface area contributed by atoms with Crippen LogP contribution in [0.1, 0.15) is 12.8 Å². The van der Waals surface area contributed by atoms with Gasteiger partial charge in [-0.15, -0.1) is 0 Å². The van der Waals surface area contributed by atoms with Crippen LogP contribution < -0.4 is 10.2 Å². The molecule has 0 radical (unpaired) electrons. The van der Waals surface area contributed by atoms with E-state index in [0.717, 1.165) is 12.1 Å². The minimum atomic E-state index is -0.972. The second-order valence-electron chi connectivity index (χ2n) is 6.42. The van der Waals surface area contributed by atoms with E-state index in [2.05, 4.69) is 5.32 Å². The monoisotopic (exact) mass is 388 g/mol. The Kier molecular flexibility index (Phi) is 5.48. The van der Waals surface area contributed by atoms with Gasteiger partial charge in [0.25, 0.3) is 5.69 Å². The van der Waals surface area contributed by atoms with E-state index in [1.165, 1.54) is 12.1 Å². The molecule has 9 nitrogen and oxygen atoms in total. The third-order valence-electron chi connectivity index (χ3n) is 4.70. The Balaban J connectivity index is 1.64. The first-order valence-corrected chi connectivity index (χ1v) is 8.60. The van der Waals surface area contributed by atoms with Crippen LogP contribution in [-0.2, 0) is 4.79 Å². The Morgan fingerprint density at radius 2 is 1.68 bits per heavy atom. The van der Waals surface area contributed by atoms with E-state index in [9.17, 15) is 29.4 Å². The van der Waals surface area contributed by atoms with Gasteiger partial charge in [0.2, 0.25) is 11.7 Å². The molecule has 0 saturated carbocycles. The van der Waals surface area contributed by atoms with Crippen molar-refractivity contribution in [2.24, 2.45) is 5.92 Å². The maximum atomic E-state index is 13.4. The van der Waals surface area contributed by atoms with Crippen molar-refractivity contribution in [1.82, 2.24) is 0 Å². The highest BCUT2D eigenvalue weighted by Crippen LogP contribution is 2.31. The van der Waals surface area contributed by atoms with Gasteiger partial charge in [-0.2, -0.15) is 4.39 Å². The Morgan fingerprint density at radius 1 is 1.04 bits per heavy atom. The Hall–Kier alpha value is -3.56. The maximum absolute atomic E-state index is 13.4. The van der Waals surface area contributed by atoms with Gasteiger partial charge < -0.3 is 10.2 Å². The topological polar surface area (TPSA) is 119 Å². The van der Waals surface area contributed by atoms with Gasteiger partial charge in [0, 0.05) is 36.8 Å². The molecule has 1 aliphatic rings. The van der Waals surface area contributed by atoms with Crippen molar-refractivity contribution >= 4 is 28.7 Å². The summed E-state index contributed by atoms with van der Waals surface area (Å²) in [5.41, 5.74) is -0.0206. The van der Waals surface area contributed by atoms with Crippen molar-refractivity contribution in [3.63, 3.8) is 0 Å². The third kappa shape index (κ3) is 4.05. The number of carbonyl (C=O) groups excluding carboxylic acids is 1. The number of halogens is 1. The number of rotatable bonds is 5. The Bertz CT molecular complexity index is 928. The van der Waals surface area contributed by atoms with E-state index < -0.39 is 21.4 Å². The van der Waals surface area contributed by atoms with Crippen LogP contribution in [0.15, 0.2) is 42.5 Å².